The van der Waals surface area contributed by atoms with Crippen molar-refractivity contribution in [2.45, 2.75) is 51.6 Å². The van der Waals surface area contributed by atoms with Crippen LogP contribution in [0.1, 0.15) is 39.5 Å². The van der Waals surface area contributed by atoms with Gasteiger partial charge < -0.3 is 20.1 Å². The van der Waals surface area contributed by atoms with Gasteiger partial charge in [0.25, 0.3) is 0 Å². The normalized spacial score (nSPS) is 20.0. The standard InChI is InChI=1S/C14H24N2O5/c1-9(2)8-10(12(17)18)15-14(20)16-7-5-4-6-11(16)13(19)21-3/h9-11H,4-8H2,1-3H3,(H,15,20)(H,17,18)/t10-,11?/m1/s1. The Morgan fingerprint density at radius 1 is 1.33 bits per heavy atom. The van der Waals surface area contributed by atoms with E-state index >= 15 is 0 Å². The van der Waals surface area contributed by atoms with E-state index in [0.29, 0.717) is 19.4 Å². The summed E-state index contributed by atoms with van der Waals surface area (Å²) in [4.78, 5) is 36.6. The van der Waals surface area contributed by atoms with Gasteiger partial charge in [0.2, 0.25) is 0 Å². The molecule has 2 atom stereocenters. The summed E-state index contributed by atoms with van der Waals surface area (Å²) in [6, 6.07) is -2.09. The van der Waals surface area contributed by atoms with Crippen LogP contribution < -0.4 is 5.32 Å². The Balaban J connectivity index is 2.74. The molecular formula is C14H24N2O5. The van der Waals surface area contributed by atoms with Crippen molar-refractivity contribution < 1.29 is 24.2 Å². The van der Waals surface area contributed by atoms with Crippen molar-refractivity contribution in [3.05, 3.63) is 0 Å². The quantitative estimate of drug-likeness (QED) is 0.744. The van der Waals surface area contributed by atoms with Crippen molar-refractivity contribution in [1.82, 2.24) is 10.2 Å². The number of methoxy groups -OCH3 is 1. The minimum Gasteiger partial charge on any atom is -0.480 e. The number of rotatable bonds is 5. The van der Waals surface area contributed by atoms with E-state index in [1.807, 2.05) is 13.8 Å². The van der Waals surface area contributed by atoms with Crippen LogP contribution >= 0.6 is 0 Å². The highest BCUT2D eigenvalue weighted by Gasteiger charge is 2.34. The number of aliphatic carboxylic acids is 1. The fourth-order valence-electron chi connectivity index (χ4n) is 2.48. The number of urea groups is 1. The van der Waals surface area contributed by atoms with Crippen LogP contribution in [-0.4, -0.2) is 53.7 Å². The lowest BCUT2D eigenvalue weighted by molar-refractivity contribution is -0.146. The second-order valence-electron chi connectivity index (χ2n) is 5.70. The Labute approximate surface area is 124 Å². The molecule has 1 unspecified atom stereocenters. The van der Waals surface area contributed by atoms with E-state index in [0.717, 1.165) is 12.8 Å². The van der Waals surface area contributed by atoms with E-state index in [4.69, 9.17) is 9.84 Å². The summed E-state index contributed by atoms with van der Waals surface area (Å²) in [5, 5.41) is 11.7. The highest BCUT2D eigenvalue weighted by Crippen LogP contribution is 2.18. The molecule has 0 aromatic carbocycles. The molecule has 120 valence electrons. The van der Waals surface area contributed by atoms with Crippen LogP contribution in [0.4, 0.5) is 4.79 Å². The maximum absolute atomic E-state index is 12.3. The molecule has 0 aliphatic carbocycles. The van der Waals surface area contributed by atoms with Gasteiger partial charge in [-0.3, -0.25) is 0 Å². The number of piperidine rings is 1. The van der Waals surface area contributed by atoms with Gasteiger partial charge in [0.15, 0.2) is 0 Å². The lowest BCUT2D eigenvalue weighted by Crippen LogP contribution is -2.55. The molecule has 7 heteroatoms. The fourth-order valence-corrected chi connectivity index (χ4v) is 2.48. The van der Waals surface area contributed by atoms with Crippen molar-refractivity contribution in [1.29, 1.82) is 0 Å². The fraction of sp³-hybridized carbons (Fsp3) is 0.786. The number of carbonyl (C=O) groups excluding carboxylic acids is 2. The van der Waals surface area contributed by atoms with Crippen LogP contribution in [0, 0.1) is 5.92 Å². The topological polar surface area (TPSA) is 95.9 Å². The number of carbonyl (C=O) groups is 3. The largest absolute Gasteiger partial charge is 0.480 e. The van der Waals surface area contributed by atoms with Crippen LogP contribution in [0.5, 0.6) is 0 Å². The molecule has 0 saturated carbocycles. The molecule has 1 saturated heterocycles. The minimum absolute atomic E-state index is 0.143. The van der Waals surface area contributed by atoms with Gasteiger partial charge in [-0.25, -0.2) is 14.4 Å². The third-order valence-electron chi connectivity index (χ3n) is 3.54. The Kier molecular flexibility index (Phi) is 6.45. The van der Waals surface area contributed by atoms with E-state index in [9.17, 15) is 14.4 Å². The highest BCUT2D eigenvalue weighted by atomic mass is 16.5. The maximum atomic E-state index is 12.3. The zero-order valence-corrected chi connectivity index (χ0v) is 12.8. The molecule has 0 spiro atoms. The second kappa shape index (κ2) is 7.85. The lowest BCUT2D eigenvalue weighted by atomic mass is 10.0. The first kappa shape index (κ1) is 17.3. The molecule has 0 bridgehead atoms. The molecule has 1 rings (SSSR count). The predicted molar refractivity (Wildman–Crippen MR) is 75.8 cm³/mol. The highest BCUT2D eigenvalue weighted by molar-refractivity contribution is 5.86. The number of hydrogen-bond acceptors (Lipinski definition) is 4. The minimum atomic E-state index is -1.07. The third-order valence-corrected chi connectivity index (χ3v) is 3.54. The van der Waals surface area contributed by atoms with E-state index in [1.54, 1.807) is 0 Å². The number of amides is 2. The monoisotopic (exact) mass is 300 g/mol. The second-order valence-corrected chi connectivity index (χ2v) is 5.70. The number of esters is 1. The van der Waals surface area contributed by atoms with Crippen LogP contribution in [0.2, 0.25) is 0 Å². The number of carboxylic acids is 1. The van der Waals surface area contributed by atoms with Crippen molar-refractivity contribution in [2.75, 3.05) is 13.7 Å². The molecule has 1 heterocycles. The third kappa shape index (κ3) is 4.91. The van der Waals surface area contributed by atoms with Gasteiger partial charge in [-0.2, -0.15) is 0 Å². The number of carboxylic acid groups (broad SMARTS) is 1. The lowest BCUT2D eigenvalue weighted by Gasteiger charge is -2.34. The summed E-state index contributed by atoms with van der Waals surface area (Å²) >= 11 is 0. The molecule has 1 aliphatic heterocycles. The number of ether oxygens (including phenoxy) is 1. The van der Waals surface area contributed by atoms with Gasteiger partial charge in [-0.05, 0) is 31.6 Å². The van der Waals surface area contributed by atoms with Gasteiger partial charge in [-0.15, -0.1) is 0 Å². The van der Waals surface area contributed by atoms with Crippen molar-refractivity contribution in [3.8, 4) is 0 Å². The van der Waals surface area contributed by atoms with E-state index < -0.39 is 30.1 Å². The van der Waals surface area contributed by atoms with Crippen molar-refractivity contribution in [3.63, 3.8) is 0 Å². The summed E-state index contributed by atoms with van der Waals surface area (Å²) < 4.78 is 4.71. The van der Waals surface area contributed by atoms with Crippen LogP contribution in [0.3, 0.4) is 0 Å². The number of likely N-dealkylation sites (tertiary alicyclic amines) is 1. The first-order valence-corrected chi connectivity index (χ1v) is 7.24. The van der Waals surface area contributed by atoms with Gasteiger partial charge >= 0.3 is 18.0 Å². The molecule has 0 radical (unpaired) electrons. The summed E-state index contributed by atoms with van der Waals surface area (Å²) in [6.07, 6.45) is 2.53. The SMILES string of the molecule is COC(=O)C1CCCCN1C(=O)N[C@H](CC(C)C)C(=O)O. The molecular weight excluding hydrogens is 276 g/mol. The smallest absolute Gasteiger partial charge is 0.328 e. The van der Waals surface area contributed by atoms with Crippen LogP contribution in [-0.2, 0) is 14.3 Å². The summed E-state index contributed by atoms with van der Waals surface area (Å²) in [5.41, 5.74) is 0. The number of nitrogens with zero attached hydrogens (tertiary/aromatic N) is 1. The van der Waals surface area contributed by atoms with Gasteiger partial charge in [0.05, 0.1) is 7.11 Å². The molecule has 21 heavy (non-hydrogen) atoms. The molecule has 2 amide bonds. The zero-order valence-electron chi connectivity index (χ0n) is 12.8. The maximum Gasteiger partial charge on any atom is 0.328 e. The van der Waals surface area contributed by atoms with E-state index in [1.165, 1.54) is 12.0 Å². The molecule has 2 N–H and O–H groups in total. The summed E-state index contributed by atoms with van der Waals surface area (Å²) in [5.74, 6) is -1.38. The average Bonchev–Trinajstić information content (AvgIpc) is 2.45. The summed E-state index contributed by atoms with van der Waals surface area (Å²) in [7, 11) is 1.28. The predicted octanol–water partition coefficient (Wildman–Crippen LogP) is 1.22. The molecule has 1 fully saturated rings. The van der Waals surface area contributed by atoms with Crippen molar-refractivity contribution in [2.24, 2.45) is 5.92 Å². The zero-order chi connectivity index (χ0) is 16.0. The average molecular weight is 300 g/mol. The Morgan fingerprint density at radius 3 is 2.52 bits per heavy atom. The van der Waals surface area contributed by atoms with E-state index in [-0.39, 0.29) is 5.92 Å². The number of nitrogens with one attached hydrogen (secondary N) is 1. The molecule has 7 nitrogen and oxygen atoms in total. The van der Waals surface area contributed by atoms with Crippen LogP contribution in [0.15, 0.2) is 0 Å². The van der Waals surface area contributed by atoms with Gasteiger partial charge in [0, 0.05) is 6.54 Å². The molecule has 0 aromatic heterocycles. The first-order valence-electron chi connectivity index (χ1n) is 7.24. The van der Waals surface area contributed by atoms with Crippen LogP contribution in [0.25, 0.3) is 0 Å². The Morgan fingerprint density at radius 2 is 2.00 bits per heavy atom. The Hall–Kier alpha value is -1.79. The first-order chi connectivity index (χ1) is 9.86. The van der Waals surface area contributed by atoms with Gasteiger partial charge in [-0.1, -0.05) is 13.8 Å². The Bertz CT molecular complexity index is 397. The molecule has 1 aliphatic rings. The van der Waals surface area contributed by atoms with E-state index in [2.05, 4.69) is 5.32 Å². The van der Waals surface area contributed by atoms with Crippen molar-refractivity contribution >= 4 is 18.0 Å². The number of hydrogen-bond donors (Lipinski definition) is 2. The summed E-state index contributed by atoms with van der Waals surface area (Å²) in [6.45, 7) is 4.21. The van der Waals surface area contributed by atoms with Gasteiger partial charge in [0.1, 0.15) is 12.1 Å². The molecule has 0 aromatic rings.